The van der Waals surface area contributed by atoms with Gasteiger partial charge in [0.25, 0.3) is 20.2 Å². The molecule has 0 saturated heterocycles. The second kappa shape index (κ2) is 11.2. The van der Waals surface area contributed by atoms with E-state index < -0.39 is 30.0 Å². The predicted molar refractivity (Wildman–Crippen MR) is 146 cm³/mol. The van der Waals surface area contributed by atoms with Crippen LogP contribution in [0.3, 0.4) is 0 Å². The topological polar surface area (TPSA) is 115 Å². The molecule has 10 heteroatoms. The summed E-state index contributed by atoms with van der Waals surface area (Å²) in [5, 5.41) is 0. The van der Waals surface area contributed by atoms with Crippen molar-refractivity contribution in [3.63, 3.8) is 0 Å². The highest BCUT2D eigenvalue weighted by Crippen LogP contribution is 2.44. The summed E-state index contributed by atoms with van der Waals surface area (Å²) in [6.45, 7) is 11.2. The Morgan fingerprint density at radius 1 is 0.667 bits per heavy atom. The fourth-order valence-corrected chi connectivity index (χ4v) is 6.42. The monoisotopic (exact) mass is 533 g/mol. The third-order valence-electron chi connectivity index (χ3n) is 6.40. The van der Waals surface area contributed by atoms with Crippen molar-refractivity contribution in [1.82, 2.24) is 0 Å². The molecule has 0 saturated carbocycles. The number of hydrogen-bond acceptors (Lipinski definition) is 6. The van der Waals surface area contributed by atoms with Crippen LogP contribution in [0.5, 0.6) is 0 Å². The maximum Gasteiger partial charge on any atom is 0.295 e. The molecule has 0 amide bonds. The van der Waals surface area contributed by atoms with Gasteiger partial charge in [0, 0.05) is 49.5 Å². The fraction of sp³-hybridized carbons (Fsp3) is 0.346. The first kappa shape index (κ1) is 27.9. The van der Waals surface area contributed by atoms with Gasteiger partial charge in [-0.3, -0.25) is 9.11 Å². The lowest BCUT2D eigenvalue weighted by molar-refractivity contribution is 0.491. The minimum atomic E-state index is -4.88. The first-order chi connectivity index (χ1) is 17.0. The van der Waals surface area contributed by atoms with E-state index in [0.29, 0.717) is 5.56 Å². The lowest BCUT2D eigenvalue weighted by Gasteiger charge is -2.26. The average Bonchev–Trinajstić information content (AvgIpc) is 2.84. The summed E-state index contributed by atoms with van der Waals surface area (Å²) in [6.07, 6.45) is 1.18. The molecule has 0 aliphatic heterocycles. The fourth-order valence-electron chi connectivity index (χ4n) is 4.58. The third kappa shape index (κ3) is 5.83. The first-order valence-corrected chi connectivity index (χ1v) is 14.8. The first-order valence-electron chi connectivity index (χ1n) is 11.9. The van der Waals surface area contributed by atoms with Gasteiger partial charge in [-0.2, -0.15) is 16.8 Å². The van der Waals surface area contributed by atoms with E-state index in [0.717, 1.165) is 37.6 Å². The minimum absolute atomic E-state index is 0.101. The Labute approximate surface area is 214 Å². The van der Waals surface area contributed by atoms with Crippen molar-refractivity contribution in [2.45, 2.75) is 34.1 Å². The summed E-state index contributed by atoms with van der Waals surface area (Å²) < 4.78 is 70.3. The van der Waals surface area contributed by atoms with Crippen LogP contribution in [-0.4, -0.2) is 52.1 Å². The molecule has 2 aromatic carbocycles. The maximum absolute atomic E-state index is 12.7. The van der Waals surface area contributed by atoms with Crippen LogP contribution < -0.4 is 9.80 Å². The zero-order chi connectivity index (χ0) is 26.7. The van der Waals surface area contributed by atoms with Gasteiger partial charge in [-0.25, -0.2) is 0 Å². The number of hydrogen-bond donors (Lipinski definition) is 2. The second-order valence-corrected chi connectivity index (χ2v) is 11.1. The molecule has 0 spiro atoms. The van der Waals surface area contributed by atoms with Gasteiger partial charge in [0.2, 0.25) is 0 Å². The maximum atomic E-state index is 12.7. The molecule has 2 aromatic rings. The lowest BCUT2D eigenvalue weighted by Crippen LogP contribution is -2.22. The van der Waals surface area contributed by atoms with Crippen LogP contribution >= 0.6 is 0 Å². The van der Waals surface area contributed by atoms with Gasteiger partial charge in [-0.15, -0.1) is 0 Å². The van der Waals surface area contributed by atoms with Crippen LogP contribution in [-0.2, 0) is 20.2 Å². The Balaban J connectivity index is 2.26. The van der Waals surface area contributed by atoms with E-state index in [-0.39, 0.29) is 23.1 Å². The summed E-state index contributed by atoms with van der Waals surface area (Å²) in [4.78, 5) is 3.14. The molecule has 8 nitrogen and oxygen atoms in total. The van der Waals surface area contributed by atoms with Crippen LogP contribution in [0, 0.1) is 6.42 Å². The molecule has 0 aromatic heterocycles. The van der Waals surface area contributed by atoms with Gasteiger partial charge in [0.15, 0.2) is 0 Å². The molecule has 0 atom stereocenters. The highest BCUT2D eigenvalue weighted by Gasteiger charge is 2.36. The van der Waals surface area contributed by atoms with Crippen LogP contribution in [0.15, 0.2) is 58.3 Å². The van der Waals surface area contributed by atoms with Gasteiger partial charge in [-0.1, -0.05) is 24.3 Å². The SMILES string of the molecule is CCN(CC)c1ccc(C2=C(S(=O)(=O)O)C(c3ccc(N(CC)CC)cc3)=C(S(=O)(=O)O)[CH]C2)cc1. The van der Waals surface area contributed by atoms with E-state index in [2.05, 4.69) is 9.80 Å². The molecule has 0 fully saturated rings. The molecular formula is C26H33N2O6S2. The van der Waals surface area contributed by atoms with Gasteiger partial charge < -0.3 is 9.80 Å². The summed E-state index contributed by atoms with van der Waals surface area (Å²) >= 11 is 0. The smallest absolute Gasteiger partial charge is 0.295 e. The largest absolute Gasteiger partial charge is 0.372 e. The molecule has 3 rings (SSSR count). The normalized spacial score (nSPS) is 14.8. The highest BCUT2D eigenvalue weighted by atomic mass is 32.2. The molecule has 36 heavy (non-hydrogen) atoms. The molecule has 0 unspecified atom stereocenters. The molecule has 1 aliphatic carbocycles. The van der Waals surface area contributed by atoms with Crippen molar-refractivity contribution in [1.29, 1.82) is 0 Å². The van der Waals surface area contributed by atoms with Crippen LogP contribution in [0.1, 0.15) is 45.2 Å². The van der Waals surface area contributed by atoms with Gasteiger partial charge in [-0.05, 0) is 75.1 Å². The predicted octanol–water partition coefficient (Wildman–Crippen LogP) is 4.88. The molecule has 1 aliphatic rings. The molecule has 0 bridgehead atoms. The molecule has 2 N–H and O–H groups in total. The second-order valence-electron chi connectivity index (χ2n) is 8.34. The van der Waals surface area contributed by atoms with E-state index in [9.17, 15) is 25.9 Å². The Kier molecular flexibility index (Phi) is 8.66. The minimum Gasteiger partial charge on any atom is -0.372 e. The Bertz CT molecular complexity index is 1350. The van der Waals surface area contributed by atoms with Gasteiger partial charge >= 0.3 is 0 Å². The van der Waals surface area contributed by atoms with Crippen LogP contribution in [0.4, 0.5) is 11.4 Å². The van der Waals surface area contributed by atoms with Crippen LogP contribution in [0.25, 0.3) is 11.1 Å². The number of rotatable bonds is 10. The number of nitrogens with zero attached hydrogens (tertiary/aromatic N) is 2. The summed E-state index contributed by atoms with van der Waals surface area (Å²) in [5.41, 5.74) is 2.61. The Morgan fingerprint density at radius 3 is 1.44 bits per heavy atom. The standard InChI is InChI=1S/C26H33N2O6S2/c1-5-27(6-2)21-13-9-19(10-14-21)23-17-18-24(35(29,30)31)25(26(23)36(32,33)34)20-11-15-22(16-12-20)28(7-3)8-4/h9-16,18H,5-8,17H2,1-4H3,(H,29,30,31)(H,32,33,34). The van der Waals surface area contributed by atoms with Gasteiger partial charge in [0.1, 0.15) is 4.91 Å². The Morgan fingerprint density at radius 2 is 1.08 bits per heavy atom. The summed E-state index contributed by atoms with van der Waals surface area (Å²) in [5.74, 6) is 0. The number of allylic oxidation sites excluding steroid dienone is 3. The number of anilines is 2. The zero-order valence-corrected chi connectivity index (χ0v) is 22.6. The molecule has 0 heterocycles. The molecule has 195 valence electrons. The van der Waals surface area contributed by atoms with E-state index in [4.69, 9.17) is 0 Å². The van der Waals surface area contributed by atoms with Crippen molar-refractivity contribution in [3.8, 4) is 0 Å². The Hall–Kier alpha value is -2.66. The van der Waals surface area contributed by atoms with Crippen molar-refractivity contribution in [2.75, 3.05) is 36.0 Å². The molecular weight excluding hydrogens is 500 g/mol. The number of benzene rings is 2. The highest BCUT2D eigenvalue weighted by molar-refractivity contribution is 7.92. The summed E-state index contributed by atoms with van der Waals surface area (Å²) in [7, 11) is -9.67. The van der Waals surface area contributed by atoms with Gasteiger partial charge in [0.05, 0.1) is 4.91 Å². The third-order valence-corrected chi connectivity index (χ3v) is 8.30. The lowest BCUT2D eigenvalue weighted by atomic mass is 9.90. The van der Waals surface area contributed by atoms with E-state index in [1.54, 1.807) is 36.4 Å². The van der Waals surface area contributed by atoms with Crippen molar-refractivity contribution < 1.29 is 25.9 Å². The van der Waals surface area contributed by atoms with E-state index in [1.165, 1.54) is 6.42 Å². The average molecular weight is 534 g/mol. The molecule has 1 radical (unpaired) electrons. The van der Waals surface area contributed by atoms with Crippen molar-refractivity contribution in [3.05, 3.63) is 75.9 Å². The van der Waals surface area contributed by atoms with E-state index >= 15 is 0 Å². The van der Waals surface area contributed by atoms with E-state index in [1.807, 2.05) is 39.8 Å². The quantitative estimate of drug-likeness (QED) is 0.415. The van der Waals surface area contributed by atoms with Crippen molar-refractivity contribution >= 4 is 42.8 Å². The van der Waals surface area contributed by atoms with Crippen LogP contribution in [0.2, 0.25) is 0 Å². The summed E-state index contributed by atoms with van der Waals surface area (Å²) in [6, 6.07) is 13.9. The van der Waals surface area contributed by atoms with Crippen molar-refractivity contribution in [2.24, 2.45) is 0 Å². The zero-order valence-electron chi connectivity index (χ0n) is 21.0.